The van der Waals surface area contributed by atoms with Crippen LogP contribution in [0.5, 0.6) is 17.2 Å². The van der Waals surface area contributed by atoms with Gasteiger partial charge in [-0.3, -0.25) is 4.79 Å². The highest BCUT2D eigenvalue weighted by Crippen LogP contribution is 2.27. The van der Waals surface area contributed by atoms with Crippen molar-refractivity contribution in [3.8, 4) is 17.2 Å². The van der Waals surface area contributed by atoms with Crippen LogP contribution in [0.2, 0.25) is 0 Å². The third kappa shape index (κ3) is 5.86. The summed E-state index contributed by atoms with van der Waals surface area (Å²) in [7, 11) is 0. The number of rotatable bonds is 7. The van der Waals surface area contributed by atoms with E-state index in [4.69, 9.17) is 18.6 Å². The van der Waals surface area contributed by atoms with Crippen LogP contribution in [0, 0.1) is 6.92 Å². The number of amides is 1. The quantitative estimate of drug-likeness (QED) is 0.294. The first-order valence-electron chi connectivity index (χ1n) is 10.9. The number of hydrogen-bond donors (Lipinski definition) is 1. The smallest absolute Gasteiger partial charge is 0.408 e. The molecule has 0 saturated heterocycles. The maximum Gasteiger partial charge on any atom is 0.408 e. The monoisotopic (exact) mass is 473 g/mol. The Balaban J connectivity index is 1.41. The van der Waals surface area contributed by atoms with E-state index in [1.165, 1.54) is 25.1 Å². The van der Waals surface area contributed by atoms with Crippen LogP contribution in [0.25, 0.3) is 11.0 Å². The lowest BCUT2D eigenvalue weighted by Crippen LogP contribution is -2.41. The molecule has 1 aromatic heterocycles. The standard InChI is InChI=1S/C27H23NO7/c1-17(28-27(31)32-16-19-9-5-3-6-10-19)26(30)35-21-13-14-22-23(15-21)33-18(2)25(24(22)29)34-20-11-7-4-8-12-20/h3-15,17H,16H2,1-2H3,(H,28,31)/t17-/m0/s1. The number of fused-ring (bicyclic) bond motifs is 1. The van der Waals surface area contributed by atoms with Gasteiger partial charge in [0.2, 0.25) is 11.2 Å². The second-order valence-electron chi connectivity index (χ2n) is 7.74. The zero-order chi connectivity index (χ0) is 24.8. The first kappa shape index (κ1) is 23.6. The number of hydrogen-bond acceptors (Lipinski definition) is 7. The fraction of sp³-hybridized carbons (Fsp3) is 0.148. The average molecular weight is 473 g/mol. The molecule has 1 heterocycles. The van der Waals surface area contributed by atoms with Crippen LogP contribution < -0.4 is 20.2 Å². The lowest BCUT2D eigenvalue weighted by atomic mass is 10.2. The molecular formula is C27H23NO7. The Hall–Kier alpha value is -4.59. The van der Waals surface area contributed by atoms with E-state index in [0.717, 1.165) is 5.56 Å². The van der Waals surface area contributed by atoms with Crippen molar-refractivity contribution in [3.63, 3.8) is 0 Å². The molecule has 0 aliphatic carbocycles. The highest BCUT2D eigenvalue weighted by molar-refractivity contribution is 5.84. The van der Waals surface area contributed by atoms with E-state index in [9.17, 15) is 14.4 Å². The number of esters is 1. The minimum atomic E-state index is -0.968. The Morgan fingerprint density at radius 1 is 0.943 bits per heavy atom. The van der Waals surface area contributed by atoms with Crippen molar-refractivity contribution in [2.45, 2.75) is 26.5 Å². The van der Waals surface area contributed by atoms with Gasteiger partial charge in [-0.15, -0.1) is 0 Å². The summed E-state index contributed by atoms with van der Waals surface area (Å²) in [4.78, 5) is 37.4. The highest BCUT2D eigenvalue weighted by atomic mass is 16.6. The summed E-state index contributed by atoms with van der Waals surface area (Å²) < 4.78 is 21.9. The maximum atomic E-state index is 12.9. The van der Waals surface area contributed by atoms with E-state index >= 15 is 0 Å². The van der Waals surface area contributed by atoms with Crippen LogP contribution in [0.15, 0.2) is 88.1 Å². The van der Waals surface area contributed by atoms with Gasteiger partial charge in [-0.25, -0.2) is 9.59 Å². The van der Waals surface area contributed by atoms with Crippen molar-refractivity contribution >= 4 is 23.0 Å². The summed E-state index contributed by atoms with van der Waals surface area (Å²) in [6.45, 7) is 3.17. The summed E-state index contributed by atoms with van der Waals surface area (Å²) >= 11 is 0. The zero-order valence-corrected chi connectivity index (χ0v) is 19.1. The Morgan fingerprint density at radius 3 is 2.34 bits per heavy atom. The van der Waals surface area contributed by atoms with Gasteiger partial charge in [0, 0.05) is 6.07 Å². The molecule has 3 aromatic carbocycles. The molecule has 8 nitrogen and oxygen atoms in total. The molecule has 0 saturated carbocycles. The molecule has 1 N–H and O–H groups in total. The maximum absolute atomic E-state index is 12.9. The number of carbonyl (C=O) groups excluding carboxylic acids is 2. The Labute approximate surface area is 201 Å². The molecule has 1 amide bonds. The van der Waals surface area contributed by atoms with Crippen molar-refractivity contribution in [3.05, 3.63) is 100 Å². The van der Waals surface area contributed by atoms with Crippen LogP contribution >= 0.6 is 0 Å². The molecule has 35 heavy (non-hydrogen) atoms. The van der Waals surface area contributed by atoms with Gasteiger partial charge in [0.25, 0.3) is 0 Å². The number of ether oxygens (including phenoxy) is 3. The predicted octanol–water partition coefficient (Wildman–Crippen LogP) is 5.11. The predicted molar refractivity (Wildman–Crippen MR) is 129 cm³/mol. The number of benzene rings is 3. The van der Waals surface area contributed by atoms with E-state index in [2.05, 4.69) is 5.32 Å². The third-order valence-corrected chi connectivity index (χ3v) is 5.07. The number of carbonyl (C=O) groups is 2. The van der Waals surface area contributed by atoms with Gasteiger partial charge in [-0.2, -0.15) is 0 Å². The second-order valence-corrected chi connectivity index (χ2v) is 7.74. The van der Waals surface area contributed by atoms with Crippen molar-refractivity contribution < 1.29 is 28.2 Å². The number of para-hydroxylation sites is 1. The van der Waals surface area contributed by atoms with Crippen molar-refractivity contribution in [2.24, 2.45) is 0 Å². The Bertz CT molecular complexity index is 1400. The normalized spacial score (nSPS) is 11.5. The minimum absolute atomic E-state index is 0.0769. The molecule has 0 aliphatic heterocycles. The van der Waals surface area contributed by atoms with Gasteiger partial charge >= 0.3 is 12.1 Å². The van der Waals surface area contributed by atoms with E-state index in [-0.39, 0.29) is 40.3 Å². The van der Waals surface area contributed by atoms with E-state index in [0.29, 0.717) is 5.75 Å². The van der Waals surface area contributed by atoms with E-state index in [1.54, 1.807) is 31.2 Å². The van der Waals surface area contributed by atoms with Gasteiger partial charge in [0.05, 0.1) is 5.39 Å². The van der Waals surface area contributed by atoms with Crippen LogP contribution in [0.3, 0.4) is 0 Å². The van der Waals surface area contributed by atoms with Gasteiger partial charge in [-0.1, -0.05) is 48.5 Å². The molecule has 0 unspecified atom stereocenters. The van der Waals surface area contributed by atoms with Gasteiger partial charge in [-0.05, 0) is 43.7 Å². The van der Waals surface area contributed by atoms with Gasteiger partial charge < -0.3 is 23.9 Å². The van der Waals surface area contributed by atoms with Gasteiger partial charge in [0.1, 0.15) is 35.5 Å². The molecule has 1 atom stereocenters. The van der Waals surface area contributed by atoms with Crippen LogP contribution in [0.1, 0.15) is 18.2 Å². The summed E-state index contributed by atoms with van der Waals surface area (Å²) in [5.41, 5.74) is 0.714. The molecular weight excluding hydrogens is 450 g/mol. The highest BCUT2D eigenvalue weighted by Gasteiger charge is 2.20. The fourth-order valence-corrected chi connectivity index (χ4v) is 3.26. The topological polar surface area (TPSA) is 104 Å². The summed E-state index contributed by atoms with van der Waals surface area (Å²) in [6, 6.07) is 21.5. The Morgan fingerprint density at radius 2 is 1.63 bits per heavy atom. The first-order valence-corrected chi connectivity index (χ1v) is 10.9. The molecule has 0 spiro atoms. The van der Waals surface area contributed by atoms with E-state index in [1.807, 2.05) is 36.4 Å². The summed E-state index contributed by atoms with van der Waals surface area (Å²) in [5, 5.41) is 2.71. The van der Waals surface area contributed by atoms with Crippen LogP contribution in [-0.2, 0) is 16.1 Å². The minimum Gasteiger partial charge on any atom is -0.457 e. The molecule has 0 aliphatic rings. The number of nitrogens with one attached hydrogen (secondary N) is 1. The SMILES string of the molecule is Cc1oc2cc(OC(=O)[C@H](C)NC(=O)OCc3ccccc3)ccc2c(=O)c1Oc1ccccc1. The first-order chi connectivity index (χ1) is 16.9. The van der Waals surface area contributed by atoms with Crippen molar-refractivity contribution in [2.75, 3.05) is 0 Å². The second kappa shape index (κ2) is 10.6. The Kier molecular flexibility index (Phi) is 7.11. The molecule has 4 aromatic rings. The van der Waals surface area contributed by atoms with Crippen LogP contribution in [-0.4, -0.2) is 18.1 Å². The molecule has 0 fully saturated rings. The molecule has 4 rings (SSSR count). The molecule has 8 heteroatoms. The molecule has 0 radical (unpaired) electrons. The van der Waals surface area contributed by atoms with Gasteiger partial charge in [0.15, 0.2) is 0 Å². The summed E-state index contributed by atoms with van der Waals surface area (Å²) in [5.74, 6) is 0.333. The lowest BCUT2D eigenvalue weighted by molar-refractivity contribution is -0.136. The third-order valence-electron chi connectivity index (χ3n) is 5.07. The fourth-order valence-electron chi connectivity index (χ4n) is 3.26. The van der Waals surface area contributed by atoms with E-state index < -0.39 is 18.1 Å². The number of aryl methyl sites for hydroxylation is 1. The number of alkyl carbamates (subject to hydrolysis) is 1. The van der Waals surface area contributed by atoms with Crippen LogP contribution in [0.4, 0.5) is 4.79 Å². The zero-order valence-electron chi connectivity index (χ0n) is 19.1. The summed E-state index contributed by atoms with van der Waals surface area (Å²) in [6.07, 6.45) is -0.746. The lowest BCUT2D eigenvalue weighted by Gasteiger charge is -2.14. The molecule has 178 valence electrons. The largest absolute Gasteiger partial charge is 0.457 e. The average Bonchev–Trinajstić information content (AvgIpc) is 2.86. The molecule has 0 bridgehead atoms. The van der Waals surface area contributed by atoms with Crippen molar-refractivity contribution in [1.82, 2.24) is 5.32 Å². The van der Waals surface area contributed by atoms with Crippen molar-refractivity contribution in [1.29, 1.82) is 0 Å².